The predicted molar refractivity (Wildman–Crippen MR) is 89.3 cm³/mol. The number of hydrogen-bond donors (Lipinski definition) is 2. The molecule has 1 aromatic heterocycles. The van der Waals surface area contributed by atoms with E-state index in [0.29, 0.717) is 28.5 Å². The Labute approximate surface area is 139 Å². The van der Waals surface area contributed by atoms with Gasteiger partial charge in [0.2, 0.25) is 0 Å². The van der Waals surface area contributed by atoms with Gasteiger partial charge in [-0.25, -0.2) is 4.79 Å². The van der Waals surface area contributed by atoms with E-state index in [1.54, 1.807) is 39.0 Å². The van der Waals surface area contributed by atoms with E-state index in [-0.39, 0.29) is 5.82 Å². The van der Waals surface area contributed by atoms with Crippen LogP contribution in [0.4, 0.5) is 16.3 Å². The van der Waals surface area contributed by atoms with E-state index >= 15 is 0 Å². The molecular weight excluding hydrogens is 314 g/mol. The third-order valence-electron chi connectivity index (χ3n) is 2.95. The SMILES string of the molecule is COc1cc(NC(=O)OC(C)(C)C)c(-c2cc(N)no2)cc1OC. The van der Waals surface area contributed by atoms with E-state index in [1.807, 2.05) is 0 Å². The number of carbonyl (C=O) groups excluding carboxylic acids is 1. The second kappa shape index (κ2) is 6.69. The van der Waals surface area contributed by atoms with Crippen molar-refractivity contribution in [3.8, 4) is 22.8 Å². The molecule has 3 N–H and O–H groups in total. The van der Waals surface area contributed by atoms with Gasteiger partial charge in [0, 0.05) is 17.7 Å². The number of ether oxygens (including phenoxy) is 3. The standard InChI is InChI=1S/C16H21N3O5/c1-16(2,3)23-15(20)18-10-7-13(22-5)12(21-4)6-9(10)11-8-14(17)19-24-11/h6-8H,1-5H3,(H2,17,19)(H,18,20). The summed E-state index contributed by atoms with van der Waals surface area (Å²) in [6.07, 6.45) is -0.608. The number of nitrogens with zero attached hydrogens (tertiary/aromatic N) is 1. The third-order valence-corrected chi connectivity index (χ3v) is 2.95. The molecule has 8 nitrogen and oxygen atoms in total. The van der Waals surface area contributed by atoms with E-state index in [0.717, 1.165) is 0 Å². The van der Waals surface area contributed by atoms with Crippen molar-refractivity contribution in [1.29, 1.82) is 0 Å². The van der Waals surface area contributed by atoms with Crippen LogP contribution in [0, 0.1) is 0 Å². The molecule has 0 aliphatic carbocycles. The van der Waals surface area contributed by atoms with Gasteiger partial charge < -0.3 is 24.5 Å². The molecule has 0 saturated heterocycles. The molecule has 0 fully saturated rings. The van der Waals surface area contributed by atoms with Gasteiger partial charge in [-0.2, -0.15) is 0 Å². The first kappa shape index (κ1) is 17.5. The van der Waals surface area contributed by atoms with Gasteiger partial charge in [-0.1, -0.05) is 5.16 Å². The Hall–Kier alpha value is -2.90. The van der Waals surface area contributed by atoms with Crippen LogP contribution in [0.2, 0.25) is 0 Å². The Kier molecular flexibility index (Phi) is 4.87. The number of nitrogens with two attached hydrogens (primary N) is 1. The second-order valence-electron chi connectivity index (χ2n) is 6.00. The maximum absolute atomic E-state index is 12.1. The predicted octanol–water partition coefficient (Wildman–Crippen LogP) is 3.29. The van der Waals surface area contributed by atoms with Crippen molar-refractivity contribution >= 4 is 17.6 Å². The lowest BCUT2D eigenvalue weighted by molar-refractivity contribution is 0.0636. The number of nitrogens with one attached hydrogen (secondary N) is 1. The van der Waals surface area contributed by atoms with Crippen LogP contribution in [0.1, 0.15) is 20.8 Å². The van der Waals surface area contributed by atoms with Crippen molar-refractivity contribution in [3.05, 3.63) is 18.2 Å². The van der Waals surface area contributed by atoms with E-state index < -0.39 is 11.7 Å². The van der Waals surface area contributed by atoms with Crippen LogP contribution in [-0.2, 0) is 4.74 Å². The highest BCUT2D eigenvalue weighted by Gasteiger charge is 2.21. The molecule has 24 heavy (non-hydrogen) atoms. The molecule has 2 rings (SSSR count). The average molecular weight is 335 g/mol. The molecule has 8 heteroatoms. The number of rotatable bonds is 4. The number of methoxy groups -OCH3 is 2. The zero-order chi connectivity index (χ0) is 17.9. The normalized spacial score (nSPS) is 11.0. The highest BCUT2D eigenvalue weighted by Crippen LogP contribution is 2.39. The lowest BCUT2D eigenvalue weighted by atomic mass is 10.1. The third kappa shape index (κ3) is 4.09. The number of anilines is 2. The smallest absolute Gasteiger partial charge is 0.412 e. The molecule has 0 aliphatic rings. The highest BCUT2D eigenvalue weighted by atomic mass is 16.6. The van der Waals surface area contributed by atoms with Crippen molar-refractivity contribution in [1.82, 2.24) is 5.16 Å². The molecule has 1 aromatic carbocycles. The minimum absolute atomic E-state index is 0.225. The first-order valence-electron chi connectivity index (χ1n) is 7.22. The largest absolute Gasteiger partial charge is 0.493 e. The molecule has 2 aromatic rings. The number of aromatic nitrogens is 1. The summed E-state index contributed by atoms with van der Waals surface area (Å²) in [6, 6.07) is 4.81. The lowest BCUT2D eigenvalue weighted by Crippen LogP contribution is -2.27. The number of hydrogen-bond acceptors (Lipinski definition) is 7. The van der Waals surface area contributed by atoms with Crippen LogP contribution in [0.5, 0.6) is 11.5 Å². The Morgan fingerprint density at radius 2 is 1.79 bits per heavy atom. The Morgan fingerprint density at radius 1 is 1.17 bits per heavy atom. The Balaban J connectivity index is 2.45. The molecule has 0 saturated carbocycles. The van der Waals surface area contributed by atoms with Crippen LogP contribution in [0.25, 0.3) is 11.3 Å². The zero-order valence-corrected chi connectivity index (χ0v) is 14.3. The van der Waals surface area contributed by atoms with Crippen molar-refractivity contribution in [2.24, 2.45) is 0 Å². The van der Waals surface area contributed by atoms with Gasteiger partial charge in [-0.3, -0.25) is 5.32 Å². The van der Waals surface area contributed by atoms with Gasteiger partial charge in [0.25, 0.3) is 0 Å². The van der Waals surface area contributed by atoms with Crippen LogP contribution >= 0.6 is 0 Å². The van der Waals surface area contributed by atoms with E-state index in [2.05, 4.69) is 10.5 Å². The molecule has 1 heterocycles. The van der Waals surface area contributed by atoms with Gasteiger partial charge in [0.05, 0.1) is 19.9 Å². The van der Waals surface area contributed by atoms with E-state index in [9.17, 15) is 4.79 Å². The van der Waals surface area contributed by atoms with Gasteiger partial charge in [-0.05, 0) is 26.8 Å². The van der Waals surface area contributed by atoms with Gasteiger partial charge in [0.15, 0.2) is 23.1 Å². The maximum atomic E-state index is 12.1. The molecule has 0 atom stereocenters. The summed E-state index contributed by atoms with van der Waals surface area (Å²) in [4.78, 5) is 12.1. The molecule has 130 valence electrons. The summed E-state index contributed by atoms with van der Waals surface area (Å²) < 4.78 is 21.0. The van der Waals surface area contributed by atoms with E-state index in [1.165, 1.54) is 14.2 Å². The quantitative estimate of drug-likeness (QED) is 0.882. The van der Waals surface area contributed by atoms with Gasteiger partial charge in [0.1, 0.15) is 5.60 Å². The zero-order valence-electron chi connectivity index (χ0n) is 14.3. The minimum Gasteiger partial charge on any atom is -0.493 e. The van der Waals surface area contributed by atoms with Crippen LogP contribution in [-0.4, -0.2) is 31.1 Å². The Bertz CT molecular complexity index is 734. The number of nitrogen functional groups attached to an aromatic ring is 1. The number of benzene rings is 1. The summed E-state index contributed by atoms with van der Waals surface area (Å²) in [6.45, 7) is 5.33. The number of amides is 1. The van der Waals surface area contributed by atoms with Crippen LogP contribution in [0.15, 0.2) is 22.7 Å². The molecule has 0 spiro atoms. The van der Waals surface area contributed by atoms with Crippen molar-refractivity contribution in [2.75, 3.05) is 25.3 Å². The second-order valence-corrected chi connectivity index (χ2v) is 6.00. The molecule has 0 aliphatic heterocycles. The monoisotopic (exact) mass is 335 g/mol. The average Bonchev–Trinajstić information content (AvgIpc) is 2.91. The Morgan fingerprint density at radius 3 is 2.29 bits per heavy atom. The summed E-state index contributed by atoms with van der Waals surface area (Å²) in [5, 5.41) is 6.33. The summed E-state index contributed by atoms with van der Waals surface area (Å²) in [7, 11) is 3.01. The molecular formula is C16H21N3O5. The molecule has 0 radical (unpaired) electrons. The number of carbonyl (C=O) groups is 1. The lowest BCUT2D eigenvalue weighted by Gasteiger charge is -2.20. The highest BCUT2D eigenvalue weighted by molar-refractivity contribution is 5.92. The first-order valence-corrected chi connectivity index (χ1v) is 7.22. The fourth-order valence-corrected chi connectivity index (χ4v) is 2.02. The van der Waals surface area contributed by atoms with Crippen molar-refractivity contribution < 1.29 is 23.5 Å². The van der Waals surface area contributed by atoms with Crippen LogP contribution in [0.3, 0.4) is 0 Å². The minimum atomic E-state index is -0.628. The molecule has 0 bridgehead atoms. The first-order chi connectivity index (χ1) is 11.2. The molecule has 1 amide bonds. The fourth-order valence-electron chi connectivity index (χ4n) is 2.02. The fraction of sp³-hybridized carbons (Fsp3) is 0.375. The van der Waals surface area contributed by atoms with Gasteiger partial charge >= 0.3 is 6.09 Å². The maximum Gasteiger partial charge on any atom is 0.412 e. The topological polar surface area (TPSA) is 109 Å². The summed E-state index contributed by atoms with van der Waals surface area (Å²) >= 11 is 0. The summed E-state index contributed by atoms with van der Waals surface area (Å²) in [5.41, 5.74) is 5.92. The summed E-state index contributed by atoms with van der Waals surface area (Å²) in [5.74, 6) is 1.51. The molecule has 0 unspecified atom stereocenters. The van der Waals surface area contributed by atoms with Gasteiger partial charge in [-0.15, -0.1) is 0 Å². The van der Waals surface area contributed by atoms with Crippen molar-refractivity contribution in [3.63, 3.8) is 0 Å². The van der Waals surface area contributed by atoms with Crippen molar-refractivity contribution in [2.45, 2.75) is 26.4 Å². The van der Waals surface area contributed by atoms with E-state index in [4.69, 9.17) is 24.5 Å². The van der Waals surface area contributed by atoms with Crippen LogP contribution < -0.4 is 20.5 Å².